The minimum absolute atomic E-state index is 0.0170. The van der Waals surface area contributed by atoms with Crippen LogP contribution in [-0.2, 0) is 23.6 Å². The van der Waals surface area contributed by atoms with E-state index in [4.69, 9.17) is 11.6 Å². The first kappa shape index (κ1) is 13.5. The number of hydrogen-bond acceptors (Lipinski definition) is 6. The summed E-state index contributed by atoms with van der Waals surface area (Å²) < 4.78 is 29.9. The van der Waals surface area contributed by atoms with Gasteiger partial charge < -0.3 is 0 Å². The van der Waals surface area contributed by atoms with Crippen LogP contribution in [0.1, 0.15) is 5.82 Å². The number of imidazole rings is 1. The average Bonchev–Trinajstić information content (AvgIpc) is 3.02. The zero-order valence-corrected chi connectivity index (χ0v) is 12.6. The monoisotopic (exact) mass is 332 g/mol. The fourth-order valence-electron chi connectivity index (χ4n) is 1.67. The van der Waals surface area contributed by atoms with Crippen molar-refractivity contribution in [1.82, 2.24) is 28.9 Å². The van der Waals surface area contributed by atoms with Gasteiger partial charge in [0.1, 0.15) is 6.33 Å². The lowest BCUT2D eigenvalue weighted by atomic mass is 10.6. The van der Waals surface area contributed by atoms with Crippen LogP contribution in [0.15, 0.2) is 22.9 Å². The summed E-state index contributed by atoms with van der Waals surface area (Å²) in [4.78, 5) is 8.46. The number of rotatable bonds is 4. The van der Waals surface area contributed by atoms with Crippen molar-refractivity contribution in [2.45, 2.75) is 11.6 Å². The van der Waals surface area contributed by atoms with Gasteiger partial charge >= 0.3 is 0 Å². The molecular weight excluding hydrogens is 324 g/mol. The first-order chi connectivity index (χ1) is 9.47. The number of nitrogens with one attached hydrogen (secondary N) is 1. The number of hydrogen-bond donors (Lipinski definition) is 1. The Kier molecular flexibility index (Phi) is 3.24. The third kappa shape index (κ3) is 2.30. The summed E-state index contributed by atoms with van der Waals surface area (Å²) in [5.74, 6) is 0.373. The number of sulfonamides is 1. The molecule has 1 N–H and O–H groups in total. The molecule has 0 aliphatic carbocycles. The zero-order valence-electron chi connectivity index (χ0n) is 10.2. The van der Waals surface area contributed by atoms with Gasteiger partial charge in [-0.15, -0.1) is 11.3 Å². The molecule has 3 rings (SSSR count). The Balaban J connectivity index is 1.91. The van der Waals surface area contributed by atoms with E-state index in [1.807, 2.05) is 0 Å². The van der Waals surface area contributed by atoms with Crippen molar-refractivity contribution in [2.24, 2.45) is 7.05 Å². The van der Waals surface area contributed by atoms with Gasteiger partial charge in [-0.3, -0.25) is 9.08 Å². The van der Waals surface area contributed by atoms with Gasteiger partial charge in [0.15, 0.2) is 21.0 Å². The molecule has 106 valence electrons. The van der Waals surface area contributed by atoms with Gasteiger partial charge in [0, 0.05) is 18.6 Å². The third-order valence-electron chi connectivity index (χ3n) is 2.50. The van der Waals surface area contributed by atoms with Gasteiger partial charge in [-0.25, -0.2) is 23.1 Å². The van der Waals surface area contributed by atoms with E-state index in [1.165, 1.54) is 26.7 Å². The maximum absolute atomic E-state index is 12.3. The molecular formula is C9H9ClN6O2S2. The van der Waals surface area contributed by atoms with E-state index in [9.17, 15) is 8.42 Å². The average molecular weight is 333 g/mol. The second kappa shape index (κ2) is 4.81. The molecule has 0 unspecified atom stereocenters. The standard InChI is InChI=1S/C9H9ClN6O2S2/c1-15-5-11-6(14-15)4-12-20(17,18)8-7(10)13-9-16(8)2-3-19-9/h2-3,5,12H,4H2,1H3. The smallest absolute Gasteiger partial charge is 0.260 e. The van der Waals surface area contributed by atoms with E-state index in [1.54, 1.807) is 18.6 Å². The van der Waals surface area contributed by atoms with Crippen molar-refractivity contribution in [3.8, 4) is 0 Å². The molecule has 8 nitrogen and oxygen atoms in total. The summed E-state index contributed by atoms with van der Waals surface area (Å²) >= 11 is 7.20. The van der Waals surface area contributed by atoms with Crippen LogP contribution in [0.5, 0.6) is 0 Å². The lowest BCUT2D eigenvalue weighted by molar-refractivity contribution is 0.574. The molecule has 0 radical (unpaired) electrons. The molecule has 20 heavy (non-hydrogen) atoms. The minimum atomic E-state index is -3.80. The van der Waals surface area contributed by atoms with Crippen LogP contribution in [0.2, 0.25) is 5.15 Å². The van der Waals surface area contributed by atoms with Crippen LogP contribution in [-0.4, -0.2) is 32.6 Å². The van der Waals surface area contributed by atoms with Gasteiger partial charge in [0.25, 0.3) is 10.0 Å². The maximum atomic E-state index is 12.3. The largest absolute Gasteiger partial charge is 0.279 e. The SMILES string of the molecule is Cn1cnc(CNS(=O)(=O)c2c(Cl)nc3sccn23)n1. The second-order valence-electron chi connectivity index (χ2n) is 3.92. The van der Waals surface area contributed by atoms with E-state index in [0.29, 0.717) is 10.8 Å². The molecule has 0 amide bonds. The van der Waals surface area contributed by atoms with Crippen molar-refractivity contribution in [1.29, 1.82) is 0 Å². The van der Waals surface area contributed by atoms with Crippen LogP contribution >= 0.6 is 22.9 Å². The van der Waals surface area contributed by atoms with Gasteiger partial charge in [-0.2, -0.15) is 5.10 Å². The van der Waals surface area contributed by atoms with Gasteiger partial charge in [-0.1, -0.05) is 11.6 Å². The molecule has 0 bridgehead atoms. The lowest BCUT2D eigenvalue weighted by Gasteiger charge is -2.03. The Morgan fingerprint density at radius 3 is 3.00 bits per heavy atom. The molecule has 0 atom stereocenters. The van der Waals surface area contributed by atoms with E-state index < -0.39 is 10.0 Å². The maximum Gasteiger partial charge on any atom is 0.260 e. The highest BCUT2D eigenvalue weighted by Gasteiger charge is 2.25. The van der Waals surface area contributed by atoms with E-state index >= 15 is 0 Å². The Morgan fingerprint density at radius 2 is 2.30 bits per heavy atom. The number of aromatic nitrogens is 5. The number of aryl methyl sites for hydroxylation is 1. The molecule has 0 spiro atoms. The zero-order chi connectivity index (χ0) is 14.3. The Labute approximate surface area is 123 Å². The second-order valence-corrected chi connectivity index (χ2v) is 6.84. The van der Waals surface area contributed by atoms with Gasteiger partial charge in [0.2, 0.25) is 0 Å². The highest BCUT2D eigenvalue weighted by Crippen LogP contribution is 2.25. The fourth-order valence-corrected chi connectivity index (χ4v) is 4.10. The van der Waals surface area contributed by atoms with Crippen molar-refractivity contribution >= 4 is 37.9 Å². The van der Waals surface area contributed by atoms with Crippen LogP contribution in [0.4, 0.5) is 0 Å². The van der Waals surface area contributed by atoms with Gasteiger partial charge in [0.05, 0.1) is 6.54 Å². The highest BCUT2D eigenvalue weighted by molar-refractivity contribution is 7.89. The van der Waals surface area contributed by atoms with Crippen molar-refractivity contribution in [3.63, 3.8) is 0 Å². The van der Waals surface area contributed by atoms with Gasteiger partial charge in [-0.05, 0) is 0 Å². The summed E-state index contributed by atoms with van der Waals surface area (Å²) in [6.45, 7) is -0.0170. The molecule has 0 fully saturated rings. The van der Waals surface area contributed by atoms with Crippen molar-refractivity contribution in [3.05, 3.63) is 28.9 Å². The molecule has 11 heteroatoms. The number of thiazole rings is 1. The fraction of sp³-hybridized carbons (Fsp3) is 0.222. The number of nitrogens with zero attached hydrogens (tertiary/aromatic N) is 5. The van der Waals surface area contributed by atoms with Crippen LogP contribution < -0.4 is 4.72 Å². The Hall–Kier alpha value is -1.49. The minimum Gasteiger partial charge on any atom is -0.279 e. The molecule has 0 aliphatic rings. The summed E-state index contributed by atoms with van der Waals surface area (Å²) in [6.07, 6.45) is 3.10. The number of halogens is 1. The Bertz CT molecular complexity index is 864. The Morgan fingerprint density at radius 1 is 1.50 bits per heavy atom. The molecule has 0 saturated carbocycles. The molecule has 0 aliphatic heterocycles. The number of fused-ring (bicyclic) bond motifs is 1. The summed E-state index contributed by atoms with van der Waals surface area (Å²) in [5.41, 5.74) is 0. The van der Waals surface area contributed by atoms with Crippen LogP contribution in [0.3, 0.4) is 0 Å². The topological polar surface area (TPSA) is 94.2 Å². The predicted molar refractivity (Wildman–Crippen MR) is 73.1 cm³/mol. The van der Waals surface area contributed by atoms with Crippen LogP contribution in [0.25, 0.3) is 4.96 Å². The quantitative estimate of drug-likeness (QED) is 0.757. The van der Waals surface area contributed by atoms with E-state index in [-0.39, 0.29) is 16.7 Å². The highest BCUT2D eigenvalue weighted by atomic mass is 35.5. The summed E-state index contributed by atoms with van der Waals surface area (Å²) in [6, 6.07) is 0. The first-order valence-corrected chi connectivity index (χ1v) is 8.17. The van der Waals surface area contributed by atoms with E-state index in [0.717, 1.165) is 0 Å². The predicted octanol–water partition coefficient (Wildman–Crippen LogP) is 0.656. The molecule has 0 aromatic carbocycles. The molecule has 3 heterocycles. The van der Waals surface area contributed by atoms with Crippen molar-refractivity contribution < 1.29 is 8.42 Å². The first-order valence-electron chi connectivity index (χ1n) is 5.42. The van der Waals surface area contributed by atoms with Crippen LogP contribution in [0, 0.1) is 0 Å². The third-order valence-corrected chi connectivity index (χ3v) is 5.06. The molecule has 0 saturated heterocycles. The summed E-state index contributed by atoms with van der Waals surface area (Å²) in [5, 5.41) is 5.59. The normalized spacial score (nSPS) is 12.3. The van der Waals surface area contributed by atoms with Crippen molar-refractivity contribution in [2.75, 3.05) is 0 Å². The molecule has 3 aromatic rings. The molecule has 3 aromatic heterocycles. The lowest BCUT2D eigenvalue weighted by Crippen LogP contribution is -2.25. The van der Waals surface area contributed by atoms with E-state index in [2.05, 4.69) is 19.8 Å². The summed E-state index contributed by atoms with van der Waals surface area (Å²) in [7, 11) is -2.10.